The molecule has 20 heavy (non-hydrogen) atoms. The molecule has 11 heteroatoms. The van der Waals surface area contributed by atoms with Crippen molar-refractivity contribution in [3.63, 3.8) is 0 Å². The molecule has 4 rings (SSSR count). The van der Waals surface area contributed by atoms with Gasteiger partial charge in [-0.15, -0.1) is 0 Å². The van der Waals surface area contributed by atoms with Crippen molar-refractivity contribution in [1.82, 2.24) is 0 Å². The van der Waals surface area contributed by atoms with E-state index < -0.39 is 51.2 Å². The molecule has 0 aromatic rings. The average molecular weight is 314 g/mol. The van der Waals surface area contributed by atoms with Crippen molar-refractivity contribution < 1.29 is 45.6 Å². The van der Waals surface area contributed by atoms with Gasteiger partial charge in [-0.05, 0) is 6.42 Å². The fourth-order valence-electron chi connectivity index (χ4n) is 2.68. The molecule has 0 radical (unpaired) electrons. The Morgan fingerprint density at radius 1 is 1.50 bits per heavy atom. The first-order valence-electron chi connectivity index (χ1n) is 5.53. The molecule has 0 saturated carbocycles. The number of esters is 2. The van der Waals surface area contributed by atoms with Crippen LogP contribution in [-0.4, -0.2) is 48.2 Å². The molecule has 1 N–H and O–H groups in total. The van der Waals surface area contributed by atoms with Crippen LogP contribution < -0.4 is 0 Å². The summed E-state index contributed by atoms with van der Waals surface area (Å²) in [5.74, 6) is -5.83. The molecular formula is C9H8F2O8S. The number of rotatable bonds is 3. The smallest absolute Gasteiger partial charge is 0.419 e. The first-order chi connectivity index (χ1) is 9.07. The lowest BCUT2D eigenvalue weighted by atomic mass is 9.82. The van der Waals surface area contributed by atoms with E-state index in [4.69, 9.17) is 14.0 Å². The van der Waals surface area contributed by atoms with Crippen molar-refractivity contribution in [2.75, 3.05) is 0 Å². The minimum Gasteiger partial charge on any atom is -0.419 e. The maximum Gasteiger partial charge on any atom is 0.465 e. The van der Waals surface area contributed by atoms with Crippen LogP contribution in [-0.2, 0) is 33.9 Å². The SMILES string of the molecule is O=C1OC2(OC(=O)C(F)(F)S(=O)(=O)O)CC3OC2CC13. The number of carbonyl (C=O) groups excluding carboxylic acids is 2. The van der Waals surface area contributed by atoms with Crippen molar-refractivity contribution in [2.45, 2.75) is 36.1 Å². The lowest BCUT2D eigenvalue weighted by molar-refractivity contribution is -0.265. The molecular weight excluding hydrogens is 306 g/mol. The molecule has 4 saturated heterocycles. The molecule has 4 bridgehead atoms. The second-order valence-electron chi connectivity index (χ2n) is 4.82. The Morgan fingerprint density at radius 2 is 2.15 bits per heavy atom. The van der Waals surface area contributed by atoms with E-state index in [-0.39, 0.29) is 12.8 Å². The summed E-state index contributed by atoms with van der Waals surface area (Å²) in [5.41, 5.74) is 0. The maximum absolute atomic E-state index is 13.1. The van der Waals surface area contributed by atoms with Crippen molar-refractivity contribution in [2.24, 2.45) is 5.92 Å². The average Bonchev–Trinajstić information content (AvgIpc) is 2.81. The second-order valence-corrected chi connectivity index (χ2v) is 6.29. The molecule has 4 aliphatic heterocycles. The molecule has 0 aliphatic carbocycles. The highest BCUT2D eigenvalue weighted by molar-refractivity contribution is 7.87. The number of hydrogen-bond donors (Lipinski definition) is 1. The van der Waals surface area contributed by atoms with Gasteiger partial charge in [0.15, 0.2) is 0 Å². The van der Waals surface area contributed by atoms with Gasteiger partial charge in [-0.25, -0.2) is 4.79 Å². The van der Waals surface area contributed by atoms with Gasteiger partial charge in [-0.2, -0.15) is 17.2 Å². The zero-order valence-corrected chi connectivity index (χ0v) is 10.4. The van der Waals surface area contributed by atoms with E-state index in [1.165, 1.54) is 0 Å². The Labute approximate surface area is 110 Å². The van der Waals surface area contributed by atoms with Crippen molar-refractivity contribution in [1.29, 1.82) is 0 Å². The molecule has 112 valence electrons. The number of fused-ring (bicyclic) bond motifs is 1. The quantitative estimate of drug-likeness (QED) is 0.544. The van der Waals surface area contributed by atoms with E-state index in [1.54, 1.807) is 0 Å². The third-order valence-corrected chi connectivity index (χ3v) is 4.45. The summed E-state index contributed by atoms with van der Waals surface area (Å²) in [6, 6.07) is 0. The van der Waals surface area contributed by atoms with Gasteiger partial charge in [0.25, 0.3) is 5.79 Å². The van der Waals surface area contributed by atoms with Gasteiger partial charge in [-0.1, -0.05) is 0 Å². The minimum absolute atomic E-state index is 0.138. The van der Waals surface area contributed by atoms with Crippen LogP contribution in [0.3, 0.4) is 0 Å². The number of carbonyl (C=O) groups is 2. The maximum atomic E-state index is 13.1. The predicted octanol–water partition coefficient (Wildman–Crippen LogP) is -0.559. The summed E-state index contributed by atoms with van der Waals surface area (Å²) in [5, 5.41) is -5.15. The topological polar surface area (TPSA) is 116 Å². The van der Waals surface area contributed by atoms with Crippen LogP contribution in [0.2, 0.25) is 0 Å². The Kier molecular flexibility index (Phi) is 2.49. The van der Waals surface area contributed by atoms with E-state index in [1.807, 2.05) is 0 Å². The van der Waals surface area contributed by atoms with Gasteiger partial charge in [-0.3, -0.25) is 9.35 Å². The van der Waals surface area contributed by atoms with Crippen LogP contribution in [0.25, 0.3) is 0 Å². The number of halogens is 2. The number of ether oxygens (including phenoxy) is 3. The van der Waals surface area contributed by atoms with Gasteiger partial charge < -0.3 is 14.2 Å². The summed E-state index contributed by atoms with van der Waals surface area (Å²) in [4.78, 5) is 22.8. The fraction of sp³-hybridized carbons (Fsp3) is 0.778. The summed E-state index contributed by atoms with van der Waals surface area (Å²) >= 11 is 0. The van der Waals surface area contributed by atoms with Crippen LogP contribution in [0.1, 0.15) is 12.8 Å². The molecule has 4 atom stereocenters. The summed E-state index contributed by atoms with van der Waals surface area (Å²) in [6.07, 6.45) is -1.50. The van der Waals surface area contributed by atoms with Gasteiger partial charge in [0.2, 0.25) is 0 Å². The van der Waals surface area contributed by atoms with Crippen LogP contribution in [0.4, 0.5) is 8.78 Å². The molecule has 0 aromatic heterocycles. The predicted molar refractivity (Wildman–Crippen MR) is 52.8 cm³/mol. The summed E-state index contributed by atoms with van der Waals surface area (Å²) < 4.78 is 70.0. The van der Waals surface area contributed by atoms with Gasteiger partial charge in [0.1, 0.15) is 6.10 Å². The molecule has 8 nitrogen and oxygen atoms in total. The highest BCUT2D eigenvalue weighted by Gasteiger charge is 2.70. The van der Waals surface area contributed by atoms with Crippen molar-refractivity contribution >= 4 is 22.1 Å². The van der Waals surface area contributed by atoms with E-state index in [9.17, 15) is 26.8 Å². The molecule has 4 aliphatic rings. The van der Waals surface area contributed by atoms with E-state index in [2.05, 4.69) is 4.74 Å². The number of alkyl halides is 2. The normalized spacial score (nSPS) is 39.0. The van der Waals surface area contributed by atoms with E-state index in [0.717, 1.165) is 0 Å². The fourth-order valence-corrected chi connectivity index (χ4v) is 2.93. The van der Waals surface area contributed by atoms with E-state index in [0.29, 0.717) is 0 Å². The third-order valence-electron chi connectivity index (χ3n) is 3.64. The molecule has 4 fully saturated rings. The Bertz CT molecular complexity index is 601. The van der Waals surface area contributed by atoms with E-state index >= 15 is 0 Å². The van der Waals surface area contributed by atoms with Gasteiger partial charge in [0.05, 0.1) is 18.4 Å². The Morgan fingerprint density at radius 3 is 2.65 bits per heavy atom. The summed E-state index contributed by atoms with van der Waals surface area (Å²) in [6.45, 7) is 0. The molecule has 0 spiro atoms. The van der Waals surface area contributed by atoms with Crippen LogP contribution in [0.5, 0.6) is 0 Å². The monoisotopic (exact) mass is 314 g/mol. The van der Waals surface area contributed by atoms with Gasteiger partial charge >= 0.3 is 27.3 Å². The first-order valence-corrected chi connectivity index (χ1v) is 6.97. The third kappa shape index (κ3) is 1.59. The zero-order chi connectivity index (χ0) is 14.9. The van der Waals surface area contributed by atoms with Crippen molar-refractivity contribution in [3.05, 3.63) is 0 Å². The van der Waals surface area contributed by atoms with Crippen LogP contribution >= 0.6 is 0 Å². The van der Waals surface area contributed by atoms with Gasteiger partial charge in [0, 0.05) is 0 Å². The summed E-state index contributed by atoms with van der Waals surface area (Å²) in [7, 11) is -5.98. The lowest BCUT2D eigenvalue weighted by Crippen LogP contribution is -2.58. The highest BCUT2D eigenvalue weighted by atomic mass is 32.2. The first kappa shape index (κ1) is 13.6. The van der Waals surface area contributed by atoms with Crippen LogP contribution in [0.15, 0.2) is 0 Å². The number of hydrogen-bond acceptors (Lipinski definition) is 7. The standard InChI is InChI=1S/C9H8F2O8S/c10-9(11,20(14,15)16)7(13)19-8-2-4-3(6(12)18-8)1-5(8)17-4/h3-5H,1-2H2,(H,14,15,16). The second kappa shape index (κ2) is 3.65. The van der Waals surface area contributed by atoms with Crippen molar-refractivity contribution in [3.8, 4) is 0 Å². The minimum atomic E-state index is -5.98. The highest BCUT2D eigenvalue weighted by Crippen LogP contribution is 2.53. The molecule has 0 aromatic carbocycles. The lowest BCUT2D eigenvalue weighted by Gasteiger charge is -2.40. The zero-order valence-electron chi connectivity index (χ0n) is 9.62. The van der Waals surface area contributed by atoms with Crippen LogP contribution in [0, 0.1) is 5.92 Å². The Balaban J connectivity index is 1.85. The molecule has 4 heterocycles. The molecule has 4 unspecified atom stereocenters. The molecule has 0 amide bonds. The Hall–Kier alpha value is -1.33. The largest absolute Gasteiger partial charge is 0.465 e.